The van der Waals surface area contributed by atoms with E-state index in [-0.39, 0.29) is 0 Å². The number of hydrogen-bond acceptors (Lipinski definition) is 3. The van der Waals surface area contributed by atoms with Crippen molar-refractivity contribution in [1.29, 1.82) is 0 Å². The minimum atomic E-state index is 0.890. The number of anilines is 1. The van der Waals surface area contributed by atoms with Gasteiger partial charge in [0.1, 0.15) is 5.52 Å². The van der Waals surface area contributed by atoms with Gasteiger partial charge in [0, 0.05) is 18.9 Å². The predicted molar refractivity (Wildman–Crippen MR) is 77.2 cm³/mol. The van der Waals surface area contributed by atoms with Crippen LogP contribution in [-0.4, -0.2) is 21.1 Å². The van der Waals surface area contributed by atoms with E-state index >= 15 is 0 Å². The Balaban J connectivity index is 1.56. The Morgan fingerprint density at radius 1 is 1.37 bits per heavy atom. The summed E-state index contributed by atoms with van der Waals surface area (Å²) < 4.78 is 1.86. The monoisotopic (exact) mass is 258 g/mol. The molecule has 0 aliphatic heterocycles. The quantitative estimate of drug-likeness (QED) is 0.914. The molecule has 4 nitrogen and oxygen atoms in total. The molecule has 2 heterocycles. The molecule has 2 atom stereocenters. The van der Waals surface area contributed by atoms with Crippen LogP contribution in [0.4, 0.5) is 5.82 Å². The lowest BCUT2D eigenvalue weighted by molar-refractivity contribution is 0.274. The average molecular weight is 258 g/mol. The minimum Gasteiger partial charge on any atom is -0.368 e. The van der Waals surface area contributed by atoms with Gasteiger partial charge in [-0.15, -0.1) is 0 Å². The lowest BCUT2D eigenvalue weighted by Crippen LogP contribution is -2.17. The van der Waals surface area contributed by atoms with E-state index in [1.165, 1.54) is 32.1 Å². The van der Waals surface area contributed by atoms with Crippen LogP contribution in [-0.2, 0) is 0 Å². The summed E-state index contributed by atoms with van der Waals surface area (Å²) in [5.41, 5.74) is 1.06. The maximum atomic E-state index is 4.40. The van der Waals surface area contributed by atoms with Crippen LogP contribution in [0.3, 0.4) is 0 Å². The molecule has 0 saturated heterocycles. The second kappa shape index (κ2) is 5.59. The Bertz CT molecular complexity index is 534. The van der Waals surface area contributed by atoms with Crippen molar-refractivity contribution in [3.63, 3.8) is 0 Å². The summed E-state index contributed by atoms with van der Waals surface area (Å²) in [5.74, 6) is 2.75. The van der Waals surface area contributed by atoms with Gasteiger partial charge in [0.2, 0.25) is 0 Å². The van der Waals surface area contributed by atoms with Crippen LogP contribution in [0, 0.1) is 11.8 Å². The van der Waals surface area contributed by atoms with Gasteiger partial charge in [-0.1, -0.05) is 26.2 Å². The second-order valence-corrected chi connectivity index (χ2v) is 5.79. The number of fused-ring (bicyclic) bond motifs is 1. The van der Waals surface area contributed by atoms with E-state index in [9.17, 15) is 0 Å². The number of nitrogens with zero attached hydrogens (tertiary/aromatic N) is 3. The van der Waals surface area contributed by atoms with Gasteiger partial charge in [0.05, 0.1) is 6.20 Å². The summed E-state index contributed by atoms with van der Waals surface area (Å²) in [6.45, 7) is 3.39. The Morgan fingerprint density at radius 2 is 2.32 bits per heavy atom. The first-order valence-corrected chi connectivity index (χ1v) is 7.35. The van der Waals surface area contributed by atoms with Crippen LogP contribution < -0.4 is 5.32 Å². The van der Waals surface area contributed by atoms with E-state index < -0.39 is 0 Å². The Morgan fingerprint density at radius 3 is 3.21 bits per heavy atom. The first kappa shape index (κ1) is 12.5. The fraction of sp³-hybridized carbons (Fsp3) is 0.600. The van der Waals surface area contributed by atoms with Crippen LogP contribution >= 0.6 is 0 Å². The zero-order chi connectivity index (χ0) is 13.1. The molecule has 2 aromatic rings. The van der Waals surface area contributed by atoms with Crippen LogP contribution in [0.15, 0.2) is 24.7 Å². The van der Waals surface area contributed by atoms with Crippen LogP contribution in [0.5, 0.6) is 0 Å². The van der Waals surface area contributed by atoms with Crippen molar-refractivity contribution in [3.8, 4) is 0 Å². The van der Waals surface area contributed by atoms with Crippen molar-refractivity contribution in [2.75, 3.05) is 11.9 Å². The summed E-state index contributed by atoms with van der Waals surface area (Å²) in [6, 6.07) is 2.00. The topological polar surface area (TPSA) is 42.2 Å². The molecule has 0 amide bonds. The van der Waals surface area contributed by atoms with Gasteiger partial charge in [-0.05, 0) is 30.7 Å². The molecule has 0 bridgehead atoms. The number of rotatable bonds is 4. The molecule has 0 aromatic carbocycles. The molecule has 1 N–H and O–H groups in total. The highest BCUT2D eigenvalue weighted by Crippen LogP contribution is 2.30. The molecular formula is C15H22N4. The molecule has 19 heavy (non-hydrogen) atoms. The highest BCUT2D eigenvalue weighted by molar-refractivity contribution is 5.66. The highest BCUT2D eigenvalue weighted by Gasteiger charge is 2.18. The van der Waals surface area contributed by atoms with E-state index in [0.717, 1.165) is 29.7 Å². The van der Waals surface area contributed by atoms with Gasteiger partial charge in [-0.3, -0.25) is 0 Å². The molecule has 3 rings (SSSR count). The van der Waals surface area contributed by atoms with E-state index in [2.05, 4.69) is 22.3 Å². The lowest BCUT2D eigenvalue weighted by atomic mass is 9.81. The summed E-state index contributed by atoms with van der Waals surface area (Å²) in [7, 11) is 0. The molecular weight excluding hydrogens is 236 g/mol. The van der Waals surface area contributed by atoms with Gasteiger partial charge in [0.15, 0.2) is 5.82 Å². The molecule has 1 aliphatic rings. The summed E-state index contributed by atoms with van der Waals surface area (Å²) >= 11 is 0. The molecule has 0 spiro atoms. The molecule has 1 fully saturated rings. The average Bonchev–Trinajstić information content (AvgIpc) is 2.88. The molecule has 0 radical (unpaired) electrons. The molecule has 2 aromatic heterocycles. The largest absolute Gasteiger partial charge is 0.368 e. The predicted octanol–water partition coefficient (Wildman–Crippen LogP) is 3.36. The normalized spacial score (nSPS) is 23.6. The fourth-order valence-corrected chi connectivity index (χ4v) is 3.21. The third kappa shape index (κ3) is 2.88. The van der Waals surface area contributed by atoms with Crippen LogP contribution in [0.25, 0.3) is 5.52 Å². The highest BCUT2D eigenvalue weighted by atomic mass is 15.2. The summed E-state index contributed by atoms with van der Waals surface area (Å²) in [4.78, 5) is 4.40. The minimum absolute atomic E-state index is 0.890. The third-order valence-electron chi connectivity index (χ3n) is 4.21. The van der Waals surface area contributed by atoms with Crippen LogP contribution in [0.2, 0.25) is 0 Å². The standard InChI is InChI=1S/C15H22N4/c1-12-3-2-4-13(11-12)5-7-16-15-14-6-8-18-19(14)10-9-17-15/h6,8-10,12-13H,2-5,7,11H2,1H3,(H,16,17). The molecule has 1 aliphatic carbocycles. The van der Waals surface area contributed by atoms with E-state index in [4.69, 9.17) is 0 Å². The van der Waals surface area contributed by atoms with E-state index in [1.54, 1.807) is 6.20 Å². The second-order valence-electron chi connectivity index (χ2n) is 5.79. The molecule has 4 heteroatoms. The summed E-state index contributed by atoms with van der Waals surface area (Å²) in [5, 5.41) is 7.69. The van der Waals surface area contributed by atoms with Crippen LogP contribution in [0.1, 0.15) is 39.0 Å². The third-order valence-corrected chi connectivity index (χ3v) is 4.21. The van der Waals surface area contributed by atoms with Crippen molar-refractivity contribution in [1.82, 2.24) is 14.6 Å². The molecule has 2 unspecified atom stereocenters. The molecule has 1 saturated carbocycles. The van der Waals surface area contributed by atoms with Crippen molar-refractivity contribution >= 4 is 11.3 Å². The SMILES string of the molecule is CC1CCCC(CCNc2nccn3nccc23)C1. The summed E-state index contributed by atoms with van der Waals surface area (Å²) in [6.07, 6.45) is 12.4. The van der Waals surface area contributed by atoms with E-state index in [0.29, 0.717) is 0 Å². The van der Waals surface area contributed by atoms with Gasteiger partial charge in [-0.2, -0.15) is 5.10 Å². The van der Waals surface area contributed by atoms with Gasteiger partial charge >= 0.3 is 0 Å². The van der Waals surface area contributed by atoms with E-state index in [1.807, 2.05) is 23.0 Å². The first-order valence-electron chi connectivity index (χ1n) is 7.35. The Hall–Kier alpha value is -1.58. The lowest BCUT2D eigenvalue weighted by Gasteiger charge is -2.26. The van der Waals surface area contributed by atoms with Gasteiger partial charge in [0.25, 0.3) is 0 Å². The van der Waals surface area contributed by atoms with Gasteiger partial charge in [-0.25, -0.2) is 9.50 Å². The first-order chi connectivity index (χ1) is 9.33. The maximum Gasteiger partial charge on any atom is 0.152 e. The zero-order valence-electron chi connectivity index (χ0n) is 11.5. The Labute approximate surface area is 114 Å². The number of nitrogens with one attached hydrogen (secondary N) is 1. The number of hydrogen-bond donors (Lipinski definition) is 1. The fourth-order valence-electron chi connectivity index (χ4n) is 3.21. The maximum absolute atomic E-state index is 4.40. The molecule has 102 valence electrons. The van der Waals surface area contributed by atoms with Gasteiger partial charge < -0.3 is 5.32 Å². The van der Waals surface area contributed by atoms with Crippen molar-refractivity contribution < 1.29 is 0 Å². The number of aromatic nitrogens is 3. The zero-order valence-corrected chi connectivity index (χ0v) is 11.5. The van der Waals surface area contributed by atoms with Crippen molar-refractivity contribution in [2.45, 2.75) is 39.0 Å². The smallest absolute Gasteiger partial charge is 0.152 e. The van der Waals surface area contributed by atoms with Crippen molar-refractivity contribution in [2.24, 2.45) is 11.8 Å². The Kier molecular flexibility index (Phi) is 3.67. The van der Waals surface area contributed by atoms with Crippen molar-refractivity contribution in [3.05, 3.63) is 24.7 Å².